The molecule has 1 aromatic rings. The van der Waals surface area contributed by atoms with Gasteiger partial charge in [-0.1, -0.05) is 13.8 Å². The van der Waals surface area contributed by atoms with E-state index >= 15 is 0 Å². The van der Waals surface area contributed by atoms with Gasteiger partial charge in [-0.05, 0) is 37.3 Å². The molecule has 4 heteroatoms. The van der Waals surface area contributed by atoms with Crippen LogP contribution in [0.1, 0.15) is 49.6 Å². The van der Waals surface area contributed by atoms with Crippen molar-refractivity contribution >= 4 is 5.91 Å². The molecule has 20 heavy (non-hydrogen) atoms. The molecule has 2 heterocycles. The third-order valence-electron chi connectivity index (χ3n) is 4.40. The number of nitrogens with zero attached hydrogens (tertiary/aromatic N) is 1. The summed E-state index contributed by atoms with van der Waals surface area (Å²) in [5, 5.41) is 3.10. The molecule has 2 fully saturated rings. The Morgan fingerprint density at radius 2 is 2.25 bits per heavy atom. The molecule has 1 saturated heterocycles. The highest BCUT2D eigenvalue weighted by Gasteiger charge is 2.31. The van der Waals surface area contributed by atoms with E-state index in [9.17, 15) is 4.79 Å². The summed E-state index contributed by atoms with van der Waals surface area (Å²) in [6, 6.07) is 4.42. The molecule has 0 spiro atoms. The summed E-state index contributed by atoms with van der Waals surface area (Å²) in [5.74, 6) is 1.01. The molecular weight excluding hydrogens is 252 g/mol. The third kappa shape index (κ3) is 2.75. The van der Waals surface area contributed by atoms with E-state index in [2.05, 4.69) is 23.7 Å². The van der Waals surface area contributed by atoms with Crippen LogP contribution in [0.15, 0.2) is 18.3 Å². The molecule has 1 aromatic heterocycles. The maximum atomic E-state index is 12.3. The quantitative estimate of drug-likeness (QED) is 0.898. The van der Waals surface area contributed by atoms with Crippen LogP contribution < -0.4 is 5.32 Å². The Morgan fingerprint density at radius 3 is 2.95 bits per heavy atom. The van der Waals surface area contributed by atoms with Crippen molar-refractivity contribution in [3.63, 3.8) is 0 Å². The number of nitrogens with one attached hydrogen (secondary N) is 1. The molecule has 0 unspecified atom stereocenters. The van der Waals surface area contributed by atoms with Gasteiger partial charge in [0.1, 0.15) is 5.69 Å². The van der Waals surface area contributed by atoms with Crippen molar-refractivity contribution in [2.75, 3.05) is 13.2 Å². The number of hydrogen-bond acceptors (Lipinski definition) is 2. The largest absolute Gasteiger partial charge is 0.378 e. The second-order valence-corrected chi connectivity index (χ2v) is 6.37. The topological polar surface area (TPSA) is 43.3 Å². The lowest BCUT2D eigenvalue weighted by atomic mass is 9.93. The van der Waals surface area contributed by atoms with Crippen LogP contribution in [0.5, 0.6) is 0 Å². The predicted octanol–water partition coefficient (Wildman–Crippen LogP) is 2.61. The summed E-state index contributed by atoms with van der Waals surface area (Å²) in [4.78, 5) is 12.3. The van der Waals surface area contributed by atoms with E-state index in [1.807, 2.05) is 18.3 Å². The average molecular weight is 276 g/mol. The lowest BCUT2D eigenvalue weighted by molar-refractivity contribution is 0.0533. The molecule has 1 aliphatic carbocycles. The van der Waals surface area contributed by atoms with Crippen LogP contribution in [-0.2, 0) is 4.74 Å². The normalized spacial score (nSPS) is 26.1. The second-order valence-electron chi connectivity index (χ2n) is 6.37. The van der Waals surface area contributed by atoms with Crippen molar-refractivity contribution in [2.24, 2.45) is 11.8 Å². The summed E-state index contributed by atoms with van der Waals surface area (Å²) in [7, 11) is 0. The van der Waals surface area contributed by atoms with Crippen LogP contribution in [0.25, 0.3) is 0 Å². The molecule has 110 valence electrons. The summed E-state index contributed by atoms with van der Waals surface area (Å²) in [6.45, 7) is 5.91. The standard InChI is InChI=1S/C16H24N2O2/c1-11(2)15-12(7-9-20-15)10-17-16(19)14-4-3-8-18(14)13-5-6-13/h3-4,8,11-13,15H,5-7,9-10H2,1-2H3,(H,17,19)/t12-,15-/m1/s1. The number of amides is 1. The van der Waals surface area contributed by atoms with Crippen LogP contribution >= 0.6 is 0 Å². The molecule has 3 rings (SSSR count). The Bertz CT molecular complexity index is 477. The minimum Gasteiger partial charge on any atom is -0.378 e. The van der Waals surface area contributed by atoms with Gasteiger partial charge in [-0.3, -0.25) is 4.79 Å². The zero-order valence-electron chi connectivity index (χ0n) is 12.3. The molecule has 4 nitrogen and oxygen atoms in total. The highest BCUT2D eigenvalue weighted by molar-refractivity contribution is 5.92. The molecule has 1 aliphatic heterocycles. The first-order valence-electron chi connectivity index (χ1n) is 7.73. The Morgan fingerprint density at radius 1 is 1.45 bits per heavy atom. The van der Waals surface area contributed by atoms with Gasteiger partial charge < -0.3 is 14.6 Å². The van der Waals surface area contributed by atoms with Gasteiger partial charge in [0.05, 0.1) is 6.10 Å². The van der Waals surface area contributed by atoms with Crippen LogP contribution in [0.2, 0.25) is 0 Å². The smallest absolute Gasteiger partial charge is 0.267 e. The Balaban J connectivity index is 1.58. The first kappa shape index (κ1) is 13.7. The molecule has 1 amide bonds. The number of rotatable bonds is 5. The predicted molar refractivity (Wildman–Crippen MR) is 77.7 cm³/mol. The number of carbonyl (C=O) groups is 1. The van der Waals surface area contributed by atoms with Gasteiger partial charge >= 0.3 is 0 Å². The first-order valence-corrected chi connectivity index (χ1v) is 7.73. The average Bonchev–Trinajstić information content (AvgIpc) is 2.98. The fraction of sp³-hybridized carbons (Fsp3) is 0.688. The monoisotopic (exact) mass is 276 g/mol. The maximum Gasteiger partial charge on any atom is 0.267 e. The van der Waals surface area contributed by atoms with E-state index in [-0.39, 0.29) is 12.0 Å². The SMILES string of the molecule is CC(C)[C@H]1OCC[C@@H]1CNC(=O)c1cccn1C1CC1. The van der Waals surface area contributed by atoms with Gasteiger partial charge in [-0.15, -0.1) is 0 Å². The number of aromatic nitrogens is 1. The van der Waals surface area contributed by atoms with E-state index in [1.165, 1.54) is 12.8 Å². The fourth-order valence-corrected chi connectivity index (χ4v) is 3.18. The number of hydrogen-bond donors (Lipinski definition) is 1. The summed E-state index contributed by atoms with van der Waals surface area (Å²) in [6.07, 6.45) is 5.74. The van der Waals surface area contributed by atoms with Crippen molar-refractivity contribution in [3.8, 4) is 0 Å². The zero-order valence-corrected chi connectivity index (χ0v) is 12.3. The van der Waals surface area contributed by atoms with Crippen molar-refractivity contribution in [3.05, 3.63) is 24.0 Å². The minimum absolute atomic E-state index is 0.0521. The fourth-order valence-electron chi connectivity index (χ4n) is 3.18. The second kappa shape index (κ2) is 5.60. The van der Waals surface area contributed by atoms with Crippen molar-refractivity contribution in [1.29, 1.82) is 0 Å². The Labute approximate surface area is 120 Å². The third-order valence-corrected chi connectivity index (χ3v) is 4.40. The number of ether oxygens (including phenoxy) is 1. The summed E-state index contributed by atoms with van der Waals surface area (Å²) >= 11 is 0. The molecule has 0 aromatic carbocycles. The number of carbonyl (C=O) groups excluding carboxylic acids is 1. The van der Waals surface area contributed by atoms with Gasteiger partial charge in [0.2, 0.25) is 0 Å². The summed E-state index contributed by atoms with van der Waals surface area (Å²) < 4.78 is 7.88. The van der Waals surface area contributed by atoms with Crippen LogP contribution in [0, 0.1) is 11.8 Å². The Kier molecular flexibility index (Phi) is 3.83. The van der Waals surface area contributed by atoms with Gasteiger partial charge in [0.25, 0.3) is 5.91 Å². The van der Waals surface area contributed by atoms with Gasteiger partial charge in [-0.25, -0.2) is 0 Å². The maximum absolute atomic E-state index is 12.3. The Hall–Kier alpha value is -1.29. The van der Waals surface area contributed by atoms with Gasteiger partial charge in [0.15, 0.2) is 0 Å². The van der Waals surface area contributed by atoms with E-state index in [0.717, 1.165) is 25.3 Å². The van der Waals surface area contributed by atoms with E-state index in [0.29, 0.717) is 17.9 Å². The molecule has 2 atom stereocenters. The lowest BCUT2D eigenvalue weighted by Gasteiger charge is -2.22. The van der Waals surface area contributed by atoms with E-state index in [4.69, 9.17) is 4.74 Å². The minimum atomic E-state index is 0.0521. The van der Waals surface area contributed by atoms with E-state index in [1.54, 1.807) is 0 Å². The van der Waals surface area contributed by atoms with Crippen molar-refractivity contribution < 1.29 is 9.53 Å². The van der Waals surface area contributed by atoms with Gasteiger partial charge in [-0.2, -0.15) is 0 Å². The van der Waals surface area contributed by atoms with Crippen LogP contribution in [0.3, 0.4) is 0 Å². The molecule has 0 bridgehead atoms. The van der Waals surface area contributed by atoms with Crippen LogP contribution in [-0.4, -0.2) is 29.7 Å². The van der Waals surface area contributed by atoms with Crippen molar-refractivity contribution in [1.82, 2.24) is 9.88 Å². The molecule has 0 radical (unpaired) electrons. The summed E-state index contributed by atoms with van der Waals surface area (Å²) in [5.41, 5.74) is 0.799. The first-order chi connectivity index (χ1) is 9.66. The highest BCUT2D eigenvalue weighted by atomic mass is 16.5. The van der Waals surface area contributed by atoms with E-state index < -0.39 is 0 Å². The van der Waals surface area contributed by atoms with Gasteiger partial charge in [0, 0.05) is 31.3 Å². The van der Waals surface area contributed by atoms with Crippen molar-refractivity contribution in [2.45, 2.75) is 45.3 Å². The molecule has 2 aliphatic rings. The lowest BCUT2D eigenvalue weighted by Crippen LogP contribution is -2.35. The highest BCUT2D eigenvalue weighted by Crippen LogP contribution is 2.36. The molecule has 1 N–H and O–H groups in total. The van der Waals surface area contributed by atoms with Crippen LogP contribution in [0.4, 0.5) is 0 Å². The zero-order chi connectivity index (χ0) is 14.1. The molecule has 1 saturated carbocycles. The molecular formula is C16H24N2O2.